The largest absolute Gasteiger partial charge is 0.493 e. The van der Waals surface area contributed by atoms with Gasteiger partial charge in [-0.25, -0.2) is 4.79 Å². The van der Waals surface area contributed by atoms with Crippen molar-refractivity contribution in [2.75, 3.05) is 19.5 Å². The second-order valence-corrected chi connectivity index (χ2v) is 5.21. The molecule has 0 aliphatic heterocycles. The van der Waals surface area contributed by atoms with E-state index in [1.165, 1.54) is 0 Å². The fourth-order valence-electron chi connectivity index (χ4n) is 2.25. The van der Waals surface area contributed by atoms with Gasteiger partial charge >= 0.3 is 5.97 Å². The number of anilines is 1. The minimum Gasteiger partial charge on any atom is -0.493 e. The molecule has 0 aliphatic rings. The standard InChI is InChI=1S/C19H21NO4/c1-3-11-24-18-14(5-4-6-17(18)23-2)12-16(19(21)22)13-7-9-15(20)10-8-13/h4-10,12H,3,11,20H2,1-2H3,(H,21,22)/b16-12-. The van der Waals surface area contributed by atoms with Crippen LogP contribution in [-0.4, -0.2) is 24.8 Å². The van der Waals surface area contributed by atoms with Crippen molar-refractivity contribution in [1.29, 1.82) is 0 Å². The van der Waals surface area contributed by atoms with Crippen molar-refractivity contribution in [2.45, 2.75) is 13.3 Å². The first-order chi connectivity index (χ1) is 11.6. The number of benzene rings is 2. The van der Waals surface area contributed by atoms with E-state index in [0.717, 1.165) is 6.42 Å². The minimum absolute atomic E-state index is 0.157. The lowest BCUT2D eigenvalue weighted by atomic mass is 10.0. The number of ether oxygens (including phenoxy) is 2. The van der Waals surface area contributed by atoms with E-state index in [1.54, 1.807) is 55.7 Å². The van der Waals surface area contributed by atoms with E-state index < -0.39 is 5.97 Å². The highest BCUT2D eigenvalue weighted by molar-refractivity contribution is 6.20. The van der Waals surface area contributed by atoms with Crippen molar-refractivity contribution in [3.05, 3.63) is 53.6 Å². The lowest BCUT2D eigenvalue weighted by Crippen LogP contribution is -2.02. The lowest BCUT2D eigenvalue weighted by Gasteiger charge is -2.13. The maximum absolute atomic E-state index is 11.7. The SMILES string of the molecule is CCCOc1c(/C=C(\C(=O)O)c2ccc(N)cc2)cccc1OC. The van der Waals surface area contributed by atoms with Gasteiger partial charge in [0.2, 0.25) is 0 Å². The molecule has 24 heavy (non-hydrogen) atoms. The summed E-state index contributed by atoms with van der Waals surface area (Å²) in [5.74, 6) is 0.0827. The van der Waals surface area contributed by atoms with Crippen LogP contribution >= 0.6 is 0 Å². The van der Waals surface area contributed by atoms with E-state index in [9.17, 15) is 9.90 Å². The number of nitrogen functional groups attached to an aromatic ring is 1. The number of aliphatic carboxylic acids is 1. The first-order valence-electron chi connectivity index (χ1n) is 7.67. The molecule has 0 aromatic heterocycles. The van der Waals surface area contributed by atoms with Gasteiger partial charge in [-0.3, -0.25) is 0 Å². The Balaban J connectivity index is 2.53. The highest BCUT2D eigenvalue weighted by Gasteiger charge is 2.14. The maximum atomic E-state index is 11.7. The zero-order valence-corrected chi connectivity index (χ0v) is 13.8. The molecule has 2 aromatic carbocycles. The molecule has 0 radical (unpaired) electrons. The molecule has 0 amide bonds. The van der Waals surface area contributed by atoms with Crippen LogP contribution in [0.2, 0.25) is 0 Å². The van der Waals surface area contributed by atoms with Gasteiger partial charge in [0.15, 0.2) is 11.5 Å². The second kappa shape index (κ2) is 8.06. The van der Waals surface area contributed by atoms with Gasteiger partial charge in [0.05, 0.1) is 19.3 Å². The molecular weight excluding hydrogens is 306 g/mol. The number of hydrogen-bond acceptors (Lipinski definition) is 4. The summed E-state index contributed by atoms with van der Waals surface area (Å²) in [6.45, 7) is 2.52. The van der Waals surface area contributed by atoms with Crippen molar-refractivity contribution in [3.8, 4) is 11.5 Å². The Bertz CT molecular complexity index is 736. The number of para-hydroxylation sites is 1. The van der Waals surface area contributed by atoms with Crippen LogP contribution in [-0.2, 0) is 4.79 Å². The minimum atomic E-state index is -1.02. The molecule has 0 unspecified atom stereocenters. The normalized spacial score (nSPS) is 11.2. The summed E-state index contributed by atoms with van der Waals surface area (Å²) in [5.41, 5.74) is 7.63. The molecule has 3 N–H and O–H groups in total. The third-order valence-corrected chi connectivity index (χ3v) is 3.43. The van der Waals surface area contributed by atoms with Gasteiger partial charge in [-0.05, 0) is 36.3 Å². The Labute approximate surface area is 141 Å². The third-order valence-electron chi connectivity index (χ3n) is 3.43. The van der Waals surface area contributed by atoms with Gasteiger partial charge in [0.1, 0.15) is 0 Å². The molecule has 2 aromatic rings. The molecule has 0 atom stereocenters. The van der Waals surface area contributed by atoms with Crippen LogP contribution in [0, 0.1) is 0 Å². The van der Waals surface area contributed by atoms with E-state index in [4.69, 9.17) is 15.2 Å². The van der Waals surface area contributed by atoms with E-state index >= 15 is 0 Å². The van der Waals surface area contributed by atoms with Crippen LogP contribution in [0.15, 0.2) is 42.5 Å². The molecule has 0 heterocycles. The summed E-state index contributed by atoms with van der Waals surface area (Å²) < 4.78 is 11.1. The van der Waals surface area contributed by atoms with E-state index in [1.807, 2.05) is 6.92 Å². The number of carboxylic acids is 1. The van der Waals surface area contributed by atoms with Crippen molar-refractivity contribution < 1.29 is 19.4 Å². The van der Waals surface area contributed by atoms with Crippen molar-refractivity contribution in [2.24, 2.45) is 0 Å². The molecule has 5 nitrogen and oxygen atoms in total. The number of carboxylic acid groups (broad SMARTS) is 1. The zero-order chi connectivity index (χ0) is 17.5. The fourth-order valence-corrected chi connectivity index (χ4v) is 2.25. The molecule has 0 saturated heterocycles. The summed E-state index contributed by atoms with van der Waals surface area (Å²) in [7, 11) is 1.56. The number of carbonyl (C=O) groups is 1. The van der Waals surface area contributed by atoms with Gasteiger partial charge < -0.3 is 20.3 Å². The molecular formula is C19H21NO4. The van der Waals surface area contributed by atoms with Crippen LogP contribution in [0.4, 0.5) is 5.69 Å². The Hall–Kier alpha value is -2.95. The topological polar surface area (TPSA) is 81.8 Å². The Morgan fingerprint density at radius 1 is 1.21 bits per heavy atom. The summed E-state index contributed by atoms with van der Waals surface area (Å²) in [4.78, 5) is 11.7. The van der Waals surface area contributed by atoms with E-state index in [2.05, 4.69) is 0 Å². The molecule has 0 aliphatic carbocycles. The Morgan fingerprint density at radius 3 is 2.50 bits per heavy atom. The lowest BCUT2D eigenvalue weighted by molar-refractivity contribution is -0.130. The summed E-state index contributed by atoms with van der Waals surface area (Å²) in [6.07, 6.45) is 2.42. The molecule has 0 saturated carbocycles. The molecule has 0 fully saturated rings. The number of methoxy groups -OCH3 is 1. The third kappa shape index (κ3) is 4.07. The van der Waals surface area contributed by atoms with Gasteiger partial charge in [-0.15, -0.1) is 0 Å². The molecule has 2 rings (SSSR count). The van der Waals surface area contributed by atoms with E-state index in [-0.39, 0.29) is 5.57 Å². The fraction of sp³-hybridized carbons (Fsp3) is 0.211. The first-order valence-corrected chi connectivity index (χ1v) is 7.67. The van der Waals surface area contributed by atoms with Crippen LogP contribution in [0.1, 0.15) is 24.5 Å². The highest BCUT2D eigenvalue weighted by Crippen LogP contribution is 2.34. The molecule has 0 spiro atoms. The van der Waals surface area contributed by atoms with Crippen molar-refractivity contribution in [1.82, 2.24) is 0 Å². The Kier molecular flexibility index (Phi) is 5.84. The average Bonchev–Trinajstić information content (AvgIpc) is 2.58. The maximum Gasteiger partial charge on any atom is 0.336 e. The van der Waals surface area contributed by atoms with Gasteiger partial charge in [0.25, 0.3) is 0 Å². The first kappa shape index (κ1) is 17.4. The van der Waals surface area contributed by atoms with Crippen LogP contribution < -0.4 is 15.2 Å². The number of nitrogens with two attached hydrogens (primary N) is 1. The number of rotatable bonds is 7. The monoisotopic (exact) mass is 327 g/mol. The summed E-state index contributed by atoms with van der Waals surface area (Å²) in [6, 6.07) is 12.1. The van der Waals surface area contributed by atoms with E-state index in [0.29, 0.717) is 34.9 Å². The van der Waals surface area contributed by atoms with Crippen LogP contribution in [0.25, 0.3) is 11.6 Å². The predicted octanol–water partition coefficient (Wildman–Crippen LogP) is 3.69. The van der Waals surface area contributed by atoms with Gasteiger partial charge in [0, 0.05) is 11.3 Å². The summed E-state index contributed by atoms with van der Waals surface area (Å²) >= 11 is 0. The highest BCUT2D eigenvalue weighted by atomic mass is 16.5. The predicted molar refractivity (Wildman–Crippen MR) is 95.1 cm³/mol. The van der Waals surface area contributed by atoms with Crippen LogP contribution in [0.5, 0.6) is 11.5 Å². The second-order valence-electron chi connectivity index (χ2n) is 5.21. The molecule has 5 heteroatoms. The van der Waals surface area contributed by atoms with Crippen molar-refractivity contribution in [3.63, 3.8) is 0 Å². The van der Waals surface area contributed by atoms with Crippen molar-refractivity contribution >= 4 is 23.3 Å². The van der Waals surface area contributed by atoms with Gasteiger partial charge in [-0.2, -0.15) is 0 Å². The number of hydrogen-bond donors (Lipinski definition) is 2. The average molecular weight is 327 g/mol. The molecule has 126 valence electrons. The smallest absolute Gasteiger partial charge is 0.336 e. The quantitative estimate of drug-likeness (QED) is 0.460. The zero-order valence-electron chi connectivity index (χ0n) is 13.8. The molecule has 0 bridgehead atoms. The van der Waals surface area contributed by atoms with Crippen LogP contribution in [0.3, 0.4) is 0 Å². The Morgan fingerprint density at radius 2 is 1.92 bits per heavy atom. The summed E-state index contributed by atoms with van der Waals surface area (Å²) in [5, 5.41) is 9.58. The van der Waals surface area contributed by atoms with Gasteiger partial charge in [-0.1, -0.05) is 31.2 Å².